The smallest absolute Gasteiger partial charge is 0.303 e. The minimum absolute atomic E-state index is 0.0521. The molecule has 2 aliphatic heterocycles. The summed E-state index contributed by atoms with van der Waals surface area (Å²) < 4.78 is 18.0. The van der Waals surface area contributed by atoms with Gasteiger partial charge in [-0.2, -0.15) is 0 Å². The molecule has 1 saturated heterocycles. The number of rotatable bonds is 7. The van der Waals surface area contributed by atoms with E-state index in [1.54, 1.807) is 20.3 Å². The van der Waals surface area contributed by atoms with Gasteiger partial charge in [-0.1, -0.05) is 24.0 Å². The fraction of sp³-hybridized carbons (Fsp3) is 0.552. The second-order valence-electron chi connectivity index (χ2n) is 11.3. The van der Waals surface area contributed by atoms with Crippen molar-refractivity contribution in [3.63, 3.8) is 0 Å². The van der Waals surface area contributed by atoms with Crippen LogP contribution in [0, 0.1) is 23.7 Å². The van der Waals surface area contributed by atoms with Crippen molar-refractivity contribution in [3.8, 4) is 11.5 Å². The SMILES string of the molecule is COc1cc(OC)cc(C2OC(C)=C(CCC(=O)O)/C2=C2/SC(=S)N(C3C4CC5CC(C4)CC3C5)C2=O)c1. The Labute approximate surface area is 232 Å². The van der Waals surface area contributed by atoms with E-state index in [0.29, 0.717) is 38.3 Å². The molecule has 0 aromatic heterocycles. The zero-order valence-electron chi connectivity index (χ0n) is 21.9. The van der Waals surface area contributed by atoms with Gasteiger partial charge in [0.1, 0.15) is 15.8 Å². The Morgan fingerprint density at radius 2 is 1.68 bits per heavy atom. The number of carboxylic acid groups (broad SMARTS) is 1. The lowest BCUT2D eigenvalue weighted by molar-refractivity contribution is -0.137. The summed E-state index contributed by atoms with van der Waals surface area (Å²) >= 11 is 7.23. The first kappa shape index (κ1) is 25.7. The summed E-state index contributed by atoms with van der Waals surface area (Å²) in [6, 6.07) is 5.70. The summed E-state index contributed by atoms with van der Waals surface area (Å²) in [5.74, 6) is 3.54. The first-order chi connectivity index (χ1) is 18.3. The normalized spacial score (nSPS) is 33.8. The number of benzene rings is 1. The van der Waals surface area contributed by atoms with Crippen molar-refractivity contribution < 1.29 is 28.9 Å². The third kappa shape index (κ3) is 4.31. The van der Waals surface area contributed by atoms with Gasteiger partial charge in [0.25, 0.3) is 5.91 Å². The maximum atomic E-state index is 14.3. The van der Waals surface area contributed by atoms with E-state index in [-0.39, 0.29) is 24.8 Å². The van der Waals surface area contributed by atoms with Gasteiger partial charge in [-0.15, -0.1) is 0 Å². The van der Waals surface area contributed by atoms with E-state index >= 15 is 0 Å². The average molecular weight is 556 g/mol. The molecule has 7 rings (SSSR count). The molecule has 0 spiro atoms. The fourth-order valence-electron chi connectivity index (χ4n) is 7.79. The highest BCUT2D eigenvalue weighted by Gasteiger charge is 2.54. The highest BCUT2D eigenvalue weighted by atomic mass is 32.2. The standard InChI is InChI=1S/C29H33NO6S2/c1-14-22(4-5-23(31)32)24(26(36-14)19-11-20(34-2)13-21(12-19)35-3)27-28(33)30(29(37)38-27)25-17-7-15-6-16(9-17)10-18(25)8-15/h11-13,15-18,25-26H,4-10H2,1-3H3,(H,31,32)/b27-24-. The molecule has 0 radical (unpaired) electrons. The van der Waals surface area contributed by atoms with Crippen LogP contribution in [0.2, 0.25) is 0 Å². The van der Waals surface area contributed by atoms with Crippen molar-refractivity contribution in [2.24, 2.45) is 23.7 Å². The summed E-state index contributed by atoms with van der Waals surface area (Å²) in [6.45, 7) is 1.84. The number of hydrogen-bond donors (Lipinski definition) is 1. The number of thioether (sulfide) groups is 1. The zero-order valence-corrected chi connectivity index (χ0v) is 23.5. The van der Waals surface area contributed by atoms with Crippen LogP contribution in [-0.4, -0.2) is 46.5 Å². The monoisotopic (exact) mass is 555 g/mol. The molecule has 7 nitrogen and oxygen atoms in total. The van der Waals surface area contributed by atoms with Crippen LogP contribution in [0.5, 0.6) is 11.5 Å². The first-order valence-electron chi connectivity index (χ1n) is 13.4. The van der Waals surface area contributed by atoms with E-state index in [0.717, 1.165) is 28.5 Å². The van der Waals surface area contributed by atoms with Gasteiger partial charge >= 0.3 is 5.97 Å². The van der Waals surface area contributed by atoms with Gasteiger partial charge in [0, 0.05) is 29.7 Å². The Balaban J connectivity index is 1.41. The van der Waals surface area contributed by atoms with Crippen molar-refractivity contribution >= 4 is 40.2 Å². The number of carboxylic acids is 1. The van der Waals surface area contributed by atoms with Crippen molar-refractivity contribution in [1.29, 1.82) is 0 Å². The molecule has 1 atom stereocenters. The molecule has 6 aliphatic rings. The van der Waals surface area contributed by atoms with Crippen LogP contribution < -0.4 is 9.47 Å². The van der Waals surface area contributed by atoms with Gasteiger partial charge in [-0.3, -0.25) is 14.5 Å². The molecule has 9 heteroatoms. The Morgan fingerprint density at radius 1 is 1.08 bits per heavy atom. The zero-order chi connectivity index (χ0) is 26.7. The number of amides is 1. The average Bonchev–Trinajstić information content (AvgIpc) is 3.36. The Morgan fingerprint density at radius 3 is 2.24 bits per heavy atom. The quantitative estimate of drug-likeness (QED) is 0.331. The molecule has 1 amide bonds. The molecule has 1 aromatic rings. The Kier molecular flexibility index (Phi) is 6.71. The van der Waals surface area contributed by atoms with Crippen LogP contribution in [0.15, 0.2) is 40.0 Å². The lowest BCUT2D eigenvalue weighted by atomic mass is 9.54. The maximum Gasteiger partial charge on any atom is 0.303 e. The molecule has 202 valence electrons. The molecule has 4 bridgehead atoms. The number of nitrogens with zero attached hydrogens (tertiary/aromatic N) is 1. The van der Waals surface area contributed by atoms with Crippen LogP contribution >= 0.6 is 24.0 Å². The van der Waals surface area contributed by atoms with Gasteiger partial charge < -0.3 is 19.3 Å². The molecule has 5 fully saturated rings. The van der Waals surface area contributed by atoms with Crippen LogP contribution in [0.4, 0.5) is 0 Å². The van der Waals surface area contributed by atoms with Crippen molar-refractivity contribution in [3.05, 3.63) is 45.6 Å². The summed E-state index contributed by atoms with van der Waals surface area (Å²) in [5.41, 5.74) is 2.27. The maximum absolute atomic E-state index is 14.3. The largest absolute Gasteiger partial charge is 0.497 e. The summed E-state index contributed by atoms with van der Waals surface area (Å²) in [5, 5.41) is 9.44. The highest BCUT2D eigenvalue weighted by Crippen LogP contribution is 2.57. The van der Waals surface area contributed by atoms with Crippen molar-refractivity contribution in [2.45, 2.75) is 64.0 Å². The van der Waals surface area contributed by atoms with Crippen LogP contribution in [0.25, 0.3) is 0 Å². The topological polar surface area (TPSA) is 85.3 Å². The van der Waals surface area contributed by atoms with Crippen LogP contribution in [0.3, 0.4) is 0 Å². The predicted molar refractivity (Wildman–Crippen MR) is 148 cm³/mol. The molecular formula is C29H33NO6S2. The third-order valence-corrected chi connectivity index (χ3v) is 10.5. The second-order valence-corrected chi connectivity index (χ2v) is 12.9. The van der Waals surface area contributed by atoms with E-state index in [9.17, 15) is 14.7 Å². The van der Waals surface area contributed by atoms with E-state index in [4.69, 9.17) is 26.4 Å². The number of hydrogen-bond acceptors (Lipinski definition) is 7. The lowest BCUT2D eigenvalue weighted by Gasteiger charge is -2.56. The van der Waals surface area contributed by atoms with Crippen LogP contribution in [-0.2, 0) is 14.3 Å². The van der Waals surface area contributed by atoms with Gasteiger partial charge in [-0.25, -0.2) is 0 Å². The number of allylic oxidation sites excluding steroid dienone is 1. The molecule has 4 aliphatic carbocycles. The number of thiocarbonyl (C=S) groups is 1. The fourth-order valence-corrected chi connectivity index (χ4v) is 9.24. The second kappa shape index (κ2) is 9.90. The number of aliphatic carboxylic acids is 1. The lowest BCUT2D eigenvalue weighted by Crippen LogP contribution is -2.57. The minimum atomic E-state index is -0.891. The van der Waals surface area contributed by atoms with E-state index in [1.165, 1.54) is 43.9 Å². The summed E-state index contributed by atoms with van der Waals surface area (Å²) in [4.78, 5) is 28.2. The molecule has 2 heterocycles. The number of carbonyl (C=O) groups is 2. The number of ether oxygens (including phenoxy) is 3. The first-order valence-corrected chi connectivity index (χ1v) is 14.6. The summed E-state index contributed by atoms with van der Waals surface area (Å²) in [6.07, 6.45) is 5.76. The Bertz CT molecular complexity index is 1220. The van der Waals surface area contributed by atoms with Gasteiger partial charge in [0.15, 0.2) is 6.10 Å². The molecule has 4 saturated carbocycles. The molecule has 1 aromatic carbocycles. The number of carbonyl (C=O) groups excluding carboxylic acids is 1. The molecule has 1 unspecified atom stereocenters. The van der Waals surface area contributed by atoms with Gasteiger partial charge in [0.05, 0.1) is 24.9 Å². The van der Waals surface area contributed by atoms with Gasteiger partial charge in [0.2, 0.25) is 0 Å². The minimum Gasteiger partial charge on any atom is -0.497 e. The van der Waals surface area contributed by atoms with Crippen LogP contribution in [0.1, 0.15) is 63.5 Å². The number of methoxy groups -OCH3 is 2. The van der Waals surface area contributed by atoms with E-state index in [2.05, 4.69) is 0 Å². The molecule has 38 heavy (non-hydrogen) atoms. The van der Waals surface area contributed by atoms with E-state index < -0.39 is 12.1 Å². The highest BCUT2D eigenvalue weighted by molar-refractivity contribution is 8.26. The molecule has 1 N–H and O–H groups in total. The van der Waals surface area contributed by atoms with Crippen molar-refractivity contribution in [2.75, 3.05) is 14.2 Å². The summed E-state index contributed by atoms with van der Waals surface area (Å²) in [7, 11) is 3.18. The third-order valence-electron chi connectivity index (χ3n) is 9.09. The van der Waals surface area contributed by atoms with Crippen molar-refractivity contribution in [1.82, 2.24) is 4.90 Å². The predicted octanol–water partition coefficient (Wildman–Crippen LogP) is 5.85. The Hall–Kier alpha value is -2.52. The van der Waals surface area contributed by atoms with E-state index in [1.807, 2.05) is 24.0 Å². The molecular weight excluding hydrogens is 522 g/mol. The van der Waals surface area contributed by atoms with Gasteiger partial charge in [-0.05, 0) is 86.8 Å².